The number of carbonyl (C=O) groups is 3. The molecule has 0 saturated heterocycles. The molecule has 9 heteroatoms. The van der Waals surface area contributed by atoms with E-state index >= 15 is 0 Å². The van der Waals surface area contributed by atoms with Gasteiger partial charge in [-0.3, -0.25) is 9.59 Å². The average Bonchev–Trinajstić information content (AvgIpc) is 2.74. The molecule has 0 aliphatic heterocycles. The van der Waals surface area contributed by atoms with E-state index < -0.39 is 29.5 Å². The molecular formula is C22H22N2O7. The first-order valence-corrected chi connectivity index (χ1v) is 9.63. The lowest BCUT2D eigenvalue weighted by molar-refractivity contribution is -0.143. The number of benzene rings is 2. The van der Waals surface area contributed by atoms with Crippen molar-refractivity contribution in [3.8, 4) is 5.75 Å². The third-order valence-corrected chi connectivity index (χ3v) is 4.66. The number of aliphatic carboxylic acids is 1. The smallest absolute Gasteiger partial charge is 0.344 e. The Kier molecular flexibility index (Phi) is 6.54. The van der Waals surface area contributed by atoms with Crippen molar-refractivity contribution in [1.82, 2.24) is 10.6 Å². The van der Waals surface area contributed by atoms with Crippen LogP contribution >= 0.6 is 0 Å². The molecule has 3 rings (SSSR count). The van der Waals surface area contributed by atoms with E-state index in [1.54, 1.807) is 38.1 Å². The van der Waals surface area contributed by atoms with Gasteiger partial charge in [-0.05, 0) is 29.5 Å². The van der Waals surface area contributed by atoms with Crippen LogP contribution in [0.1, 0.15) is 13.8 Å². The van der Waals surface area contributed by atoms with E-state index in [4.69, 9.17) is 14.3 Å². The molecule has 2 aromatic carbocycles. The van der Waals surface area contributed by atoms with E-state index in [-0.39, 0.29) is 19.1 Å². The number of hydrogen-bond donors (Lipinski definition) is 3. The summed E-state index contributed by atoms with van der Waals surface area (Å²) in [5.41, 5.74) is -0.139. The predicted molar refractivity (Wildman–Crippen MR) is 113 cm³/mol. The second kappa shape index (κ2) is 9.29. The number of carbonyl (C=O) groups excluding carboxylic acids is 2. The van der Waals surface area contributed by atoms with Gasteiger partial charge in [-0.1, -0.05) is 32.0 Å². The molecular weight excluding hydrogens is 404 g/mol. The standard InChI is InChI=1S/C22H22N2O7/c1-12(2)20(21(27)28)24-18(25)10-23-19(26)11-30-13-7-8-15-14-5-3-4-6-16(14)22(29)31-17(15)9-13/h3-9,12,20H,10-11H2,1-2H3,(H,23,26)(H,24,25)(H,27,28)/t20-/m0/s1. The van der Waals surface area contributed by atoms with Crippen molar-refractivity contribution < 1.29 is 28.6 Å². The van der Waals surface area contributed by atoms with Crippen LogP contribution in [0.2, 0.25) is 0 Å². The molecule has 1 heterocycles. The van der Waals surface area contributed by atoms with Gasteiger partial charge in [0.15, 0.2) is 6.61 Å². The van der Waals surface area contributed by atoms with Crippen molar-refractivity contribution in [2.24, 2.45) is 5.92 Å². The highest BCUT2D eigenvalue weighted by molar-refractivity contribution is 6.04. The van der Waals surface area contributed by atoms with Crippen molar-refractivity contribution in [2.45, 2.75) is 19.9 Å². The number of carboxylic acid groups (broad SMARTS) is 1. The lowest BCUT2D eigenvalue weighted by Gasteiger charge is -2.18. The number of hydrogen-bond acceptors (Lipinski definition) is 6. The van der Waals surface area contributed by atoms with Crippen LogP contribution in [0.3, 0.4) is 0 Å². The molecule has 0 radical (unpaired) electrons. The normalized spacial score (nSPS) is 12.0. The number of amides is 2. The number of carboxylic acids is 1. The minimum atomic E-state index is -1.14. The molecule has 1 aromatic heterocycles. The van der Waals surface area contributed by atoms with E-state index in [1.165, 1.54) is 6.07 Å². The molecule has 31 heavy (non-hydrogen) atoms. The molecule has 9 nitrogen and oxygen atoms in total. The maximum Gasteiger partial charge on any atom is 0.344 e. The van der Waals surface area contributed by atoms with E-state index in [0.29, 0.717) is 16.7 Å². The fourth-order valence-electron chi connectivity index (χ4n) is 3.07. The second-order valence-electron chi connectivity index (χ2n) is 7.29. The summed E-state index contributed by atoms with van der Waals surface area (Å²) in [5.74, 6) is -2.31. The summed E-state index contributed by atoms with van der Waals surface area (Å²) in [6.07, 6.45) is 0. The molecule has 0 bridgehead atoms. The van der Waals surface area contributed by atoms with Gasteiger partial charge in [0.1, 0.15) is 17.4 Å². The third kappa shape index (κ3) is 5.19. The van der Waals surface area contributed by atoms with Crippen LogP contribution < -0.4 is 21.0 Å². The number of fused-ring (bicyclic) bond motifs is 3. The lowest BCUT2D eigenvalue weighted by atomic mass is 10.1. The van der Waals surface area contributed by atoms with Crippen LogP contribution in [-0.2, 0) is 14.4 Å². The Morgan fingerprint density at radius 2 is 1.74 bits per heavy atom. The number of nitrogens with one attached hydrogen (secondary N) is 2. The van der Waals surface area contributed by atoms with Crippen molar-refractivity contribution in [2.75, 3.05) is 13.2 Å². The van der Waals surface area contributed by atoms with Gasteiger partial charge in [0.2, 0.25) is 5.91 Å². The summed E-state index contributed by atoms with van der Waals surface area (Å²) in [4.78, 5) is 47.1. The zero-order valence-electron chi connectivity index (χ0n) is 17.0. The minimum absolute atomic E-state index is 0.300. The first-order chi connectivity index (χ1) is 14.8. The van der Waals surface area contributed by atoms with Gasteiger partial charge < -0.3 is 24.9 Å². The van der Waals surface area contributed by atoms with Crippen LogP contribution in [0, 0.1) is 5.92 Å². The van der Waals surface area contributed by atoms with Crippen LogP contribution in [0.4, 0.5) is 0 Å². The van der Waals surface area contributed by atoms with E-state index in [0.717, 1.165) is 10.8 Å². The SMILES string of the molecule is CC(C)[C@H](NC(=O)CNC(=O)COc1ccc2c(c1)oc(=O)c1ccccc12)C(=O)O. The Bertz CT molecular complexity index is 1200. The molecule has 0 spiro atoms. The predicted octanol–water partition coefficient (Wildman–Crippen LogP) is 1.67. The number of ether oxygens (including phenoxy) is 1. The van der Waals surface area contributed by atoms with Gasteiger partial charge in [0.25, 0.3) is 5.91 Å². The van der Waals surface area contributed by atoms with Crippen LogP contribution in [-0.4, -0.2) is 42.1 Å². The van der Waals surface area contributed by atoms with E-state index in [2.05, 4.69) is 10.6 Å². The summed E-state index contributed by atoms with van der Waals surface area (Å²) in [6, 6.07) is 11.0. The zero-order valence-corrected chi connectivity index (χ0v) is 17.0. The van der Waals surface area contributed by atoms with Crippen LogP contribution in [0.5, 0.6) is 5.75 Å². The summed E-state index contributed by atoms with van der Waals surface area (Å²) in [6.45, 7) is 2.58. The van der Waals surface area contributed by atoms with Crippen LogP contribution in [0.25, 0.3) is 21.7 Å². The highest BCUT2D eigenvalue weighted by Crippen LogP contribution is 2.26. The maximum absolute atomic E-state index is 12.1. The average molecular weight is 426 g/mol. The topological polar surface area (TPSA) is 135 Å². The highest BCUT2D eigenvalue weighted by Gasteiger charge is 2.23. The Morgan fingerprint density at radius 3 is 2.42 bits per heavy atom. The molecule has 0 saturated carbocycles. The van der Waals surface area contributed by atoms with Gasteiger partial charge in [-0.15, -0.1) is 0 Å². The zero-order chi connectivity index (χ0) is 22.5. The Labute approximate surface area is 177 Å². The van der Waals surface area contributed by atoms with E-state index in [1.807, 2.05) is 12.1 Å². The van der Waals surface area contributed by atoms with Crippen molar-refractivity contribution in [3.63, 3.8) is 0 Å². The van der Waals surface area contributed by atoms with Gasteiger partial charge in [0, 0.05) is 11.5 Å². The Hall–Kier alpha value is -3.88. The van der Waals surface area contributed by atoms with Gasteiger partial charge in [-0.2, -0.15) is 0 Å². The van der Waals surface area contributed by atoms with Crippen molar-refractivity contribution >= 4 is 39.5 Å². The minimum Gasteiger partial charge on any atom is -0.484 e. The first-order valence-electron chi connectivity index (χ1n) is 9.63. The molecule has 0 aliphatic carbocycles. The molecule has 0 aliphatic rings. The number of rotatable bonds is 8. The van der Waals surface area contributed by atoms with Gasteiger partial charge in [0.05, 0.1) is 11.9 Å². The highest BCUT2D eigenvalue weighted by atomic mass is 16.5. The van der Waals surface area contributed by atoms with Gasteiger partial charge >= 0.3 is 11.6 Å². The largest absolute Gasteiger partial charge is 0.484 e. The van der Waals surface area contributed by atoms with Gasteiger partial charge in [-0.25, -0.2) is 9.59 Å². The molecule has 0 fully saturated rings. The summed E-state index contributed by atoms with van der Waals surface area (Å²) in [5, 5.41) is 15.8. The fraction of sp³-hybridized carbons (Fsp3) is 0.273. The summed E-state index contributed by atoms with van der Waals surface area (Å²) >= 11 is 0. The van der Waals surface area contributed by atoms with Crippen molar-refractivity contribution in [3.05, 3.63) is 52.9 Å². The molecule has 2 amide bonds. The molecule has 1 atom stereocenters. The van der Waals surface area contributed by atoms with E-state index in [9.17, 15) is 19.2 Å². The third-order valence-electron chi connectivity index (χ3n) is 4.66. The first kappa shape index (κ1) is 21.8. The monoisotopic (exact) mass is 426 g/mol. The molecule has 3 N–H and O–H groups in total. The summed E-state index contributed by atoms with van der Waals surface area (Å²) < 4.78 is 10.8. The van der Waals surface area contributed by atoms with Crippen molar-refractivity contribution in [1.29, 1.82) is 0 Å². The Balaban J connectivity index is 1.59. The molecule has 0 unspecified atom stereocenters. The summed E-state index contributed by atoms with van der Waals surface area (Å²) in [7, 11) is 0. The Morgan fingerprint density at radius 1 is 1.03 bits per heavy atom. The second-order valence-corrected chi connectivity index (χ2v) is 7.29. The maximum atomic E-state index is 12.1. The molecule has 3 aromatic rings. The lowest BCUT2D eigenvalue weighted by Crippen LogP contribution is -2.48. The van der Waals surface area contributed by atoms with Crippen LogP contribution in [0.15, 0.2) is 51.7 Å². The molecule has 162 valence electrons. The fourth-order valence-corrected chi connectivity index (χ4v) is 3.07. The quantitative estimate of drug-likeness (QED) is 0.368.